The summed E-state index contributed by atoms with van der Waals surface area (Å²) in [6, 6.07) is 1.55. The first kappa shape index (κ1) is 20.1. The summed E-state index contributed by atoms with van der Waals surface area (Å²) in [5, 5.41) is 12.3. The highest BCUT2D eigenvalue weighted by Crippen LogP contribution is 2.24. The van der Waals surface area contributed by atoms with Crippen molar-refractivity contribution in [1.29, 1.82) is 5.41 Å². The third-order valence-corrected chi connectivity index (χ3v) is 5.25. The largest absolute Gasteiger partial charge is 0.385 e. The second kappa shape index (κ2) is 8.55. The second-order valence-corrected chi connectivity index (χ2v) is 7.15. The first-order valence-corrected chi connectivity index (χ1v) is 9.42. The highest BCUT2D eigenvalue weighted by molar-refractivity contribution is 6.08. The van der Waals surface area contributed by atoms with Gasteiger partial charge in [-0.1, -0.05) is 0 Å². The maximum atomic E-state index is 13.8. The lowest BCUT2D eigenvalue weighted by molar-refractivity contribution is -0.128. The molecular formula is C19H27FN6O2. The lowest BCUT2D eigenvalue weighted by Gasteiger charge is -2.35. The fraction of sp³-hybridized carbons (Fsp3) is 0.526. The number of carbonyl (C=O) groups excluding carboxylic acids is 1. The summed E-state index contributed by atoms with van der Waals surface area (Å²) in [5.74, 6) is -0.629. The molecule has 9 heteroatoms. The van der Waals surface area contributed by atoms with Crippen LogP contribution in [0.1, 0.15) is 26.2 Å². The van der Waals surface area contributed by atoms with Gasteiger partial charge in [-0.2, -0.15) is 0 Å². The number of likely N-dealkylation sites (N-methyl/N-ethyl adjacent to an activating group) is 1. The summed E-state index contributed by atoms with van der Waals surface area (Å²) in [7, 11) is 1.68. The van der Waals surface area contributed by atoms with Crippen molar-refractivity contribution in [2.45, 2.75) is 32.2 Å². The molecule has 0 aromatic carbocycles. The van der Waals surface area contributed by atoms with Gasteiger partial charge in [-0.25, -0.2) is 9.37 Å². The highest BCUT2D eigenvalue weighted by Gasteiger charge is 2.27. The van der Waals surface area contributed by atoms with Crippen molar-refractivity contribution in [3.8, 4) is 0 Å². The maximum Gasteiger partial charge on any atom is 0.219 e. The van der Waals surface area contributed by atoms with Crippen LogP contribution in [0, 0.1) is 11.2 Å². The smallest absolute Gasteiger partial charge is 0.219 e. The number of halogens is 1. The Kier molecular flexibility index (Phi) is 6.13. The summed E-state index contributed by atoms with van der Waals surface area (Å²) in [5.41, 5.74) is 7.57. The number of ether oxygens (including phenoxy) is 1. The molecule has 0 aliphatic carbocycles. The molecular weight excluding hydrogens is 363 g/mol. The van der Waals surface area contributed by atoms with Crippen LogP contribution >= 0.6 is 0 Å². The molecule has 2 aliphatic heterocycles. The van der Waals surface area contributed by atoms with Crippen LogP contribution < -0.4 is 16.0 Å². The van der Waals surface area contributed by atoms with E-state index in [4.69, 9.17) is 15.9 Å². The zero-order valence-corrected chi connectivity index (χ0v) is 16.3. The molecule has 28 heavy (non-hydrogen) atoms. The number of nitrogens with two attached hydrogens (primary N) is 1. The molecule has 2 aliphatic rings. The van der Waals surface area contributed by atoms with E-state index in [2.05, 4.69) is 10.3 Å². The number of amides is 1. The minimum atomic E-state index is -0.624. The molecule has 0 radical (unpaired) electrons. The molecule has 0 unspecified atom stereocenters. The average molecular weight is 390 g/mol. The standard InChI is InChI=1S/C19H27FN6O2/c1-12(27)26-6-3-17(24-13-4-7-28-8-5-13)15(11-26)19(22)25(2)14-9-16(20)18(21)23-10-14/h9-10,13,22,24H,3-8,11H2,1-2H3,(H2,21,23). The first-order chi connectivity index (χ1) is 13.4. The van der Waals surface area contributed by atoms with Gasteiger partial charge >= 0.3 is 0 Å². The van der Waals surface area contributed by atoms with E-state index in [9.17, 15) is 9.18 Å². The molecule has 0 bridgehead atoms. The first-order valence-electron chi connectivity index (χ1n) is 9.42. The number of aromatic nitrogens is 1. The van der Waals surface area contributed by atoms with Gasteiger partial charge in [0, 0.05) is 63.5 Å². The maximum absolute atomic E-state index is 13.8. The quantitative estimate of drug-likeness (QED) is 0.531. The van der Waals surface area contributed by atoms with Gasteiger partial charge in [0.15, 0.2) is 11.6 Å². The van der Waals surface area contributed by atoms with E-state index in [1.54, 1.807) is 16.8 Å². The fourth-order valence-corrected chi connectivity index (χ4v) is 3.45. The van der Waals surface area contributed by atoms with Crippen LogP contribution in [0.2, 0.25) is 0 Å². The molecule has 0 spiro atoms. The monoisotopic (exact) mass is 390 g/mol. The summed E-state index contributed by atoms with van der Waals surface area (Å²) >= 11 is 0. The minimum Gasteiger partial charge on any atom is -0.385 e. The van der Waals surface area contributed by atoms with Crippen LogP contribution in [-0.4, -0.2) is 61.0 Å². The number of hydrogen-bond acceptors (Lipinski definition) is 6. The van der Waals surface area contributed by atoms with Gasteiger partial charge in [-0.3, -0.25) is 10.2 Å². The summed E-state index contributed by atoms with van der Waals surface area (Å²) < 4.78 is 19.2. The number of amidine groups is 1. The van der Waals surface area contributed by atoms with E-state index in [1.165, 1.54) is 19.2 Å². The van der Waals surface area contributed by atoms with Gasteiger partial charge in [0.2, 0.25) is 5.91 Å². The Morgan fingerprint density at radius 2 is 2.18 bits per heavy atom. The van der Waals surface area contributed by atoms with Crippen LogP contribution in [0.5, 0.6) is 0 Å². The van der Waals surface area contributed by atoms with E-state index in [0.29, 0.717) is 38.4 Å². The highest BCUT2D eigenvalue weighted by atomic mass is 19.1. The Hall–Kier alpha value is -2.68. The zero-order chi connectivity index (χ0) is 20.3. The van der Waals surface area contributed by atoms with Crippen molar-refractivity contribution in [3.05, 3.63) is 29.4 Å². The Labute approximate surface area is 164 Å². The zero-order valence-electron chi connectivity index (χ0n) is 16.3. The number of anilines is 2. The molecule has 4 N–H and O–H groups in total. The predicted octanol–water partition coefficient (Wildman–Crippen LogP) is 1.49. The second-order valence-electron chi connectivity index (χ2n) is 7.15. The average Bonchev–Trinajstić information content (AvgIpc) is 2.70. The van der Waals surface area contributed by atoms with Crippen LogP contribution in [0.25, 0.3) is 0 Å². The van der Waals surface area contributed by atoms with Crippen LogP contribution in [0.3, 0.4) is 0 Å². The summed E-state index contributed by atoms with van der Waals surface area (Å²) in [6.07, 6.45) is 3.90. The van der Waals surface area contributed by atoms with Crippen molar-refractivity contribution >= 4 is 23.2 Å². The molecule has 3 rings (SSSR count). The summed E-state index contributed by atoms with van der Waals surface area (Å²) in [4.78, 5) is 19.0. The van der Waals surface area contributed by atoms with Crippen molar-refractivity contribution in [2.24, 2.45) is 0 Å². The number of rotatable bonds is 4. The fourth-order valence-electron chi connectivity index (χ4n) is 3.45. The van der Waals surface area contributed by atoms with Crippen LogP contribution in [-0.2, 0) is 9.53 Å². The molecule has 152 valence electrons. The van der Waals surface area contributed by atoms with Crippen molar-refractivity contribution in [3.63, 3.8) is 0 Å². The number of carbonyl (C=O) groups is 1. The topological polar surface area (TPSA) is 108 Å². The molecule has 1 aromatic heterocycles. The SMILES string of the molecule is CC(=O)N1CCC(NC2CCOCC2)=C(C(=N)N(C)c2cnc(N)c(F)c2)C1. The van der Waals surface area contributed by atoms with Gasteiger partial charge in [0.05, 0.1) is 18.4 Å². The Morgan fingerprint density at radius 3 is 2.82 bits per heavy atom. The van der Waals surface area contributed by atoms with Crippen LogP contribution in [0.15, 0.2) is 23.5 Å². The van der Waals surface area contributed by atoms with Gasteiger partial charge in [-0.15, -0.1) is 0 Å². The molecule has 3 heterocycles. The van der Waals surface area contributed by atoms with E-state index in [0.717, 1.165) is 24.1 Å². The van der Waals surface area contributed by atoms with Crippen molar-refractivity contribution in [1.82, 2.24) is 15.2 Å². The molecule has 1 amide bonds. The van der Waals surface area contributed by atoms with Gasteiger partial charge in [-0.05, 0) is 12.8 Å². The molecule has 0 saturated carbocycles. The Morgan fingerprint density at radius 1 is 1.46 bits per heavy atom. The lowest BCUT2D eigenvalue weighted by atomic mass is 10.0. The number of nitrogen functional groups attached to an aromatic ring is 1. The van der Waals surface area contributed by atoms with Gasteiger partial charge < -0.3 is 25.6 Å². The van der Waals surface area contributed by atoms with Gasteiger partial charge in [0.25, 0.3) is 0 Å². The number of pyridine rings is 1. The lowest BCUT2D eigenvalue weighted by Crippen LogP contribution is -2.45. The Bertz CT molecular complexity index is 791. The van der Waals surface area contributed by atoms with Crippen LogP contribution in [0.4, 0.5) is 15.9 Å². The molecule has 1 saturated heterocycles. The van der Waals surface area contributed by atoms with Crippen molar-refractivity contribution < 1.29 is 13.9 Å². The van der Waals surface area contributed by atoms with E-state index in [-0.39, 0.29) is 23.6 Å². The molecule has 0 atom stereocenters. The molecule has 8 nitrogen and oxygen atoms in total. The van der Waals surface area contributed by atoms with E-state index < -0.39 is 5.82 Å². The number of hydrogen-bond donors (Lipinski definition) is 3. The van der Waals surface area contributed by atoms with E-state index in [1.807, 2.05) is 0 Å². The van der Waals surface area contributed by atoms with Crippen molar-refractivity contribution in [2.75, 3.05) is 44.0 Å². The predicted molar refractivity (Wildman–Crippen MR) is 106 cm³/mol. The molecule has 1 fully saturated rings. The Balaban J connectivity index is 1.87. The number of nitrogens with zero attached hydrogens (tertiary/aromatic N) is 3. The van der Waals surface area contributed by atoms with E-state index >= 15 is 0 Å². The normalized spacial score (nSPS) is 18.2. The molecule has 1 aromatic rings. The van der Waals surface area contributed by atoms with Gasteiger partial charge in [0.1, 0.15) is 5.84 Å². The summed E-state index contributed by atoms with van der Waals surface area (Å²) in [6.45, 7) is 3.91. The third-order valence-electron chi connectivity index (χ3n) is 5.25. The third kappa shape index (κ3) is 4.41. The number of nitrogens with one attached hydrogen (secondary N) is 2. The minimum absolute atomic E-state index is 0.0294.